The van der Waals surface area contributed by atoms with E-state index < -0.39 is 47.8 Å². The molecule has 0 saturated carbocycles. The molecular formula is C25H22F4N2O8S. The Balaban J connectivity index is 1.88. The Morgan fingerprint density at radius 1 is 0.875 bits per heavy atom. The first-order chi connectivity index (χ1) is 18.9. The highest BCUT2D eigenvalue weighted by Crippen LogP contribution is 2.38. The van der Waals surface area contributed by atoms with Gasteiger partial charge in [0.05, 0.1) is 45.4 Å². The van der Waals surface area contributed by atoms with Crippen LogP contribution in [-0.2, 0) is 22.3 Å². The average molecular weight is 587 g/mol. The Hall–Kier alpha value is -4.53. The van der Waals surface area contributed by atoms with Crippen molar-refractivity contribution in [2.24, 2.45) is 0 Å². The number of amides is 2. The van der Waals surface area contributed by atoms with Gasteiger partial charge in [-0.25, -0.2) is 18.8 Å². The number of ether oxygens (including phenoxy) is 5. The van der Waals surface area contributed by atoms with Gasteiger partial charge >= 0.3 is 24.1 Å². The van der Waals surface area contributed by atoms with Crippen molar-refractivity contribution in [3.05, 3.63) is 63.1 Å². The highest BCUT2D eigenvalue weighted by atomic mass is 32.1. The van der Waals surface area contributed by atoms with Gasteiger partial charge in [0.1, 0.15) is 22.8 Å². The van der Waals surface area contributed by atoms with E-state index in [0.29, 0.717) is 0 Å². The number of hydrogen-bond donors (Lipinski definition) is 2. The lowest BCUT2D eigenvalue weighted by atomic mass is 10.1. The Labute approximate surface area is 228 Å². The molecular weight excluding hydrogens is 564 g/mol. The standard InChI is InChI=1S/C25H22F4N2O8S/c1-35-17-7-5-6-13(25(27,28)29)12(17)10-39-19-9-15(14(26)8-18(19)36-2)30-24(34)31-16-11-40-21(23(33)38-4)20(16)22(32)37-3/h5-9,11H,10H2,1-4H3,(H2,30,31,34). The summed E-state index contributed by atoms with van der Waals surface area (Å²) < 4.78 is 80.3. The number of urea groups is 1. The molecule has 0 atom stereocenters. The van der Waals surface area contributed by atoms with Crippen molar-refractivity contribution < 1.29 is 55.6 Å². The van der Waals surface area contributed by atoms with Crippen molar-refractivity contribution in [1.29, 1.82) is 0 Å². The minimum absolute atomic E-state index is 0.0860. The van der Waals surface area contributed by atoms with Gasteiger partial charge in [0.25, 0.3) is 0 Å². The van der Waals surface area contributed by atoms with Gasteiger partial charge in [0, 0.05) is 23.1 Å². The second-order valence-electron chi connectivity index (χ2n) is 7.67. The summed E-state index contributed by atoms with van der Waals surface area (Å²) in [7, 11) is 4.57. The number of carbonyl (C=O) groups is 3. The number of carbonyl (C=O) groups excluding carboxylic acids is 3. The summed E-state index contributed by atoms with van der Waals surface area (Å²) in [6, 6.07) is 4.20. The maximum absolute atomic E-state index is 14.8. The van der Waals surface area contributed by atoms with Crippen LogP contribution in [0.15, 0.2) is 35.7 Å². The fourth-order valence-corrected chi connectivity index (χ4v) is 4.40. The first-order valence-electron chi connectivity index (χ1n) is 11.0. The zero-order chi connectivity index (χ0) is 29.6. The molecule has 0 saturated heterocycles. The van der Waals surface area contributed by atoms with E-state index in [1.54, 1.807) is 0 Å². The third-order valence-electron chi connectivity index (χ3n) is 5.33. The summed E-state index contributed by atoms with van der Waals surface area (Å²) in [4.78, 5) is 36.7. The van der Waals surface area contributed by atoms with Crippen LogP contribution >= 0.6 is 11.3 Å². The zero-order valence-corrected chi connectivity index (χ0v) is 22.2. The summed E-state index contributed by atoms with van der Waals surface area (Å²) >= 11 is 0.803. The summed E-state index contributed by atoms with van der Waals surface area (Å²) in [6.45, 7) is -0.639. The molecule has 1 heterocycles. The first-order valence-corrected chi connectivity index (χ1v) is 11.9. The molecule has 0 radical (unpaired) electrons. The molecule has 3 rings (SSSR count). The quantitative estimate of drug-likeness (QED) is 0.241. The van der Waals surface area contributed by atoms with Gasteiger partial charge in [0.2, 0.25) is 0 Å². The summed E-state index contributed by atoms with van der Waals surface area (Å²) in [5, 5.41) is 5.81. The van der Waals surface area contributed by atoms with Crippen molar-refractivity contribution in [3.8, 4) is 17.2 Å². The largest absolute Gasteiger partial charge is 0.496 e. The highest BCUT2D eigenvalue weighted by molar-refractivity contribution is 7.13. The molecule has 2 amide bonds. The molecule has 1 aromatic heterocycles. The van der Waals surface area contributed by atoms with Crippen LogP contribution in [0.5, 0.6) is 17.2 Å². The number of alkyl halides is 3. The van der Waals surface area contributed by atoms with Gasteiger partial charge in [0.15, 0.2) is 17.3 Å². The van der Waals surface area contributed by atoms with E-state index >= 15 is 0 Å². The molecule has 0 aliphatic heterocycles. The van der Waals surface area contributed by atoms with E-state index in [4.69, 9.17) is 14.2 Å². The van der Waals surface area contributed by atoms with E-state index in [2.05, 4.69) is 20.1 Å². The molecule has 2 aromatic carbocycles. The number of hydrogen-bond acceptors (Lipinski definition) is 9. The third-order valence-corrected chi connectivity index (χ3v) is 6.29. The van der Waals surface area contributed by atoms with Crippen LogP contribution in [0.3, 0.4) is 0 Å². The molecule has 2 N–H and O–H groups in total. The van der Waals surface area contributed by atoms with Gasteiger partial charge < -0.3 is 34.3 Å². The number of benzene rings is 2. The smallest absolute Gasteiger partial charge is 0.416 e. The minimum Gasteiger partial charge on any atom is -0.496 e. The molecule has 40 heavy (non-hydrogen) atoms. The number of nitrogens with one attached hydrogen (secondary N) is 2. The SMILES string of the molecule is COC(=O)c1scc(NC(=O)Nc2cc(OCc3c(OC)cccc3C(F)(F)F)c(OC)cc2F)c1C(=O)OC. The lowest BCUT2D eigenvalue weighted by molar-refractivity contribution is -0.138. The Bertz CT molecular complexity index is 1420. The molecule has 0 aliphatic carbocycles. The molecule has 3 aromatic rings. The highest BCUT2D eigenvalue weighted by Gasteiger charge is 2.35. The Kier molecular flexibility index (Phi) is 9.42. The maximum atomic E-state index is 14.8. The molecule has 15 heteroatoms. The van der Waals surface area contributed by atoms with Crippen molar-refractivity contribution in [3.63, 3.8) is 0 Å². The van der Waals surface area contributed by atoms with E-state index in [1.165, 1.54) is 31.7 Å². The molecule has 0 aliphatic rings. The number of methoxy groups -OCH3 is 4. The van der Waals surface area contributed by atoms with Crippen molar-refractivity contribution in [2.75, 3.05) is 39.1 Å². The second-order valence-corrected chi connectivity index (χ2v) is 8.55. The van der Waals surface area contributed by atoms with Crippen molar-refractivity contribution in [1.82, 2.24) is 0 Å². The molecule has 0 spiro atoms. The predicted molar refractivity (Wildman–Crippen MR) is 135 cm³/mol. The number of esters is 2. The number of anilines is 2. The minimum atomic E-state index is -4.71. The fraction of sp³-hybridized carbons (Fsp3) is 0.240. The Morgan fingerprint density at radius 3 is 2.12 bits per heavy atom. The van der Waals surface area contributed by atoms with Crippen LogP contribution in [0.2, 0.25) is 0 Å². The van der Waals surface area contributed by atoms with Crippen molar-refractivity contribution >= 4 is 40.7 Å². The zero-order valence-electron chi connectivity index (χ0n) is 21.4. The molecule has 0 fully saturated rings. The van der Waals surface area contributed by atoms with Crippen LogP contribution in [0.1, 0.15) is 31.2 Å². The van der Waals surface area contributed by atoms with Gasteiger partial charge in [-0.3, -0.25) is 0 Å². The number of halogens is 4. The topological polar surface area (TPSA) is 121 Å². The Morgan fingerprint density at radius 2 is 1.52 bits per heavy atom. The molecule has 214 valence electrons. The van der Waals surface area contributed by atoms with Gasteiger partial charge in [-0.15, -0.1) is 11.3 Å². The number of rotatable bonds is 9. The van der Waals surface area contributed by atoms with Gasteiger partial charge in [-0.1, -0.05) is 6.07 Å². The lowest BCUT2D eigenvalue weighted by Crippen LogP contribution is -2.22. The maximum Gasteiger partial charge on any atom is 0.416 e. The van der Waals surface area contributed by atoms with Crippen LogP contribution in [0.4, 0.5) is 33.7 Å². The average Bonchev–Trinajstić information content (AvgIpc) is 3.34. The van der Waals surface area contributed by atoms with Crippen molar-refractivity contribution in [2.45, 2.75) is 12.8 Å². The summed E-state index contributed by atoms with van der Waals surface area (Å²) in [6.07, 6.45) is -4.71. The normalized spacial score (nSPS) is 10.9. The molecule has 0 unspecified atom stereocenters. The molecule has 10 nitrogen and oxygen atoms in total. The molecule has 0 bridgehead atoms. The fourth-order valence-electron chi connectivity index (χ4n) is 3.50. The van der Waals surface area contributed by atoms with Gasteiger partial charge in [-0.05, 0) is 12.1 Å². The van der Waals surface area contributed by atoms with E-state index in [-0.39, 0.29) is 38.9 Å². The van der Waals surface area contributed by atoms with Crippen LogP contribution in [0.25, 0.3) is 0 Å². The van der Waals surface area contributed by atoms with E-state index in [9.17, 15) is 31.9 Å². The summed E-state index contributed by atoms with van der Waals surface area (Å²) in [5.74, 6) is -3.20. The number of thiophene rings is 1. The van der Waals surface area contributed by atoms with Crippen LogP contribution in [-0.4, -0.2) is 46.4 Å². The van der Waals surface area contributed by atoms with Gasteiger partial charge in [-0.2, -0.15) is 13.2 Å². The van der Waals surface area contributed by atoms with Crippen LogP contribution < -0.4 is 24.8 Å². The second kappa shape index (κ2) is 12.5. The van der Waals surface area contributed by atoms with Crippen LogP contribution in [0, 0.1) is 5.82 Å². The van der Waals surface area contributed by atoms with E-state index in [1.807, 2.05) is 0 Å². The predicted octanol–water partition coefficient (Wildman–Crippen LogP) is 5.72. The first kappa shape index (κ1) is 30.0. The lowest BCUT2D eigenvalue weighted by Gasteiger charge is -2.18. The van der Waals surface area contributed by atoms with E-state index in [0.717, 1.165) is 43.8 Å². The third kappa shape index (κ3) is 6.54. The summed E-state index contributed by atoms with van der Waals surface area (Å²) in [5.41, 5.74) is -2.13. The monoisotopic (exact) mass is 586 g/mol.